The van der Waals surface area contributed by atoms with E-state index in [0.717, 1.165) is 25.0 Å². The lowest BCUT2D eigenvalue weighted by Gasteiger charge is -2.08. The molecule has 1 aliphatic rings. The lowest BCUT2D eigenvalue weighted by molar-refractivity contribution is 0.318. The molecule has 0 bridgehead atoms. The Morgan fingerprint density at radius 2 is 2.40 bits per heavy atom. The number of nitrogens with zero attached hydrogens (tertiary/aromatic N) is 1. The minimum absolute atomic E-state index is 0.795. The summed E-state index contributed by atoms with van der Waals surface area (Å²) in [6, 6.07) is 0. The van der Waals surface area contributed by atoms with E-state index in [1.54, 1.807) is 0 Å². The Bertz CT molecular complexity index is 264. The zero-order valence-electron chi connectivity index (χ0n) is 9.58. The normalized spacial score (nSPS) is 18.2. The van der Waals surface area contributed by atoms with Crippen LogP contribution in [-0.2, 0) is 0 Å². The van der Waals surface area contributed by atoms with E-state index in [1.807, 2.05) is 6.08 Å². The van der Waals surface area contributed by atoms with Crippen LogP contribution in [0.15, 0.2) is 29.0 Å². The third-order valence-electron chi connectivity index (χ3n) is 2.73. The van der Waals surface area contributed by atoms with E-state index >= 15 is 0 Å². The van der Waals surface area contributed by atoms with Gasteiger partial charge in [0.15, 0.2) is 0 Å². The van der Waals surface area contributed by atoms with Crippen LogP contribution in [-0.4, -0.2) is 10.9 Å². The van der Waals surface area contributed by atoms with Crippen molar-refractivity contribution in [2.24, 2.45) is 5.16 Å². The number of unbranched alkanes of at least 4 members (excludes halogenated alkanes) is 1. The van der Waals surface area contributed by atoms with Crippen LogP contribution in [0, 0.1) is 0 Å². The van der Waals surface area contributed by atoms with E-state index < -0.39 is 0 Å². The summed E-state index contributed by atoms with van der Waals surface area (Å²) in [7, 11) is 0. The summed E-state index contributed by atoms with van der Waals surface area (Å²) >= 11 is 0. The first-order valence-electron chi connectivity index (χ1n) is 5.95. The minimum atomic E-state index is 0.795. The molecule has 1 aliphatic carbocycles. The van der Waals surface area contributed by atoms with Gasteiger partial charge in [0.2, 0.25) is 0 Å². The molecule has 0 aromatic heterocycles. The topological polar surface area (TPSA) is 32.6 Å². The van der Waals surface area contributed by atoms with Crippen molar-refractivity contribution in [2.45, 2.75) is 51.9 Å². The maximum absolute atomic E-state index is 8.80. The minimum Gasteiger partial charge on any atom is -0.411 e. The molecule has 2 nitrogen and oxygen atoms in total. The SMILES string of the molecule is CCCCC(/C=C/C1=CCCCC1)=N\O. The van der Waals surface area contributed by atoms with Gasteiger partial charge in [0.1, 0.15) is 0 Å². The maximum Gasteiger partial charge on any atom is 0.0795 e. The lowest BCUT2D eigenvalue weighted by atomic mass is 9.99. The first-order chi connectivity index (χ1) is 7.36. The van der Waals surface area contributed by atoms with Gasteiger partial charge in [-0.25, -0.2) is 0 Å². The molecular formula is C13H21NO. The monoisotopic (exact) mass is 207 g/mol. The summed E-state index contributed by atoms with van der Waals surface area (Å²) in [4.78, 5) is 0. The second-order valence-corrected chi connectivity index (χ2v) is 4.05. The van der Waals surface area contributed by atoms with Crippen LogP contribution in [0.4, 0.5) is 0 Å². The predicted octanol–water partition coefficient (Wildman–Crippen LogP) is 4.06. The summed E-state index contributed by atoms with van der Waals surface area (Å²) in [5.74, 6) is 0. The molecule has 0 aromatic carbocycles. The lowest BCUT2D eigenvalue weighted by Crippen LogP contribution is -1.95. The molecular weight excluding hydrogens is 186 g/mol. The van der Waals surface area contributed by atoms with Crippen LogP contribution in [0.3, 0.4) is 0 Å². The molecule has 15 heavy (non-hydrogen) atoms. The van der Waals surface area contributed by atoms with Gasteiger partial charge in [-0.15, -0.1) is 0 Å². The Morgan fingerprint density at radius 3 is 3.00 bits per heavy atom. The number of oxime groups is 1. The molecule has 84 valence electrons. The Balaban J connectivity index is 2.43. The zero-order valence-corrected chi connectivity index (χ0v) is 9.58. The van der Waals surface area contributed by atoms with E-state index in [0.29, 0.717) is 0 Å². The molecule has 0 amide bonds. The van der Waals surface area contributed by atoms with Crippen molar-refractivity contribution in [2.75, 3.05) is 0 Å². The smallest absolute Gasteiger partial charge is 0.0795 e. The zero-order chi connectivity index (χ0) is 10.9. The van der Waals surface area contributed by atoms with Crippen LogP contribution >= 0.6 is 0 Å². The van der Waals surface area contributed by atoms with E-state index in [2.05, 4.69) is 24.2 Å². The molecule has 1 N–H and O–H groups in total. The quantitative estimate of drug-likeness (QED) is 0.411. The van der Waals surface area contributed by atoms with Gasteiger partial charge in [-0.3, -0.25) is 0 Å². The predicted molar refractivity (Wildman–Crippen MR) is 64.4 cm³/mol. The highest BCUT2D eigenvalue weighted by Crippen LogP contribution is 2.18. The molecule has 0 saturated carbocycles. The number of allylic oxidation sites excluding steroid dienone is 4. The average Bonchev–Trinajstić information content (AvgIpc) is 2.31. The molecule has 0 atom stereocenters. The second-order valence-electron chi connectivity index (χ2n) is 4.05. The van der Waals surface area contributed by atoms with Gasteiger partial charge in [-0.2, -0.15) is 0 Å². The van der Waals surface area contributed by atoms with Crippen LogP contribution in [0.5, 0.6) is 0 Å². The highest BCUT2D eigenvalue weighted by Gasteiger charge is 2.00. The van der Waals surface area contributed by atoms with Gasteiger partial charge >= 0.3 is 0 Å². The molecule has 1 rings (SSSR count). The van der Waals surface area contributed by atoms with Gasteiger partial charge in [0.05, 0.1) is 5.71 Å². The van der Waals surface area contributed by atoms with Gasteiger partial charge in [0, 0.05) is 0 Å². The number of hydrogen-bond donors (Lipinski definition) is 1. The van der Waals surface area contributed by atoms with E-state index in [1.165, 1.54) is 31.3 Å². The third kappa shape index (κ3) is 4.82. The second kappa shape index (κ2) is 7.27. The maximum atomic E-state index is 8.80. The Morgan fingerprint density at radius 1 is 1.53 bits per heavy atom. The molecule has 0 spiro atoms. The molecule has 2 heteroatoms. The van der Waals surface area contributed by atoms with Crippen molar-refractivity contribution < 1.29 is 5.21 Å². The van der Waals surface area contributed by atoms with E-state index in [4.69, 9.17) is 5.21 Å². The standard InChI is InChI=1S/C13H21NO/c1-2-3-9-13(14-15)11-10-12-7-5-4-6-8-12/h7,10-11,15H,2-6,8-9H2,1H3/b11-10+,14-13+. The van der Waals surface area contributed by atoms with Gasteiger partial charge < -0.3 is 5.21 Å². The van der Waals surface area contributed by atoms with Crippen molar-refractivity contribution in [3.8, 4) is 0 Å². The third-order valence-corrected chi connectivity index (χ3v) is 2.73. The van der Waals surface area contributed by atoms with Crippen molar-refractivity contribution in [1.29, 1.82) is 0 Å². The Labute approximate surface area is 92.4 Å². The number of hydrogen-bond acceptors (Lipinski definition) is 2. The molecule has 0 fully saturated rings. The summed E-state index contributed by atoms with van der Waals surface area (Å²) in [5, 5.41) is 12.1. The highest BCUT2D eigenvalue weighted by molar-refractivity contribution is 5.94. The van der Waals surface area contributed by atoms with Gasteiger partial charge in [0.25, 0.3) is 0 Å². The van der Waals surface area contributed by atoms with Gasteiger partial charge in [-0.1, -0.05) is 36.2 Å². The summed E-state index contributed by atoms with van der Waals surface area (Å²) in [6.07, 6.45) is 14.4. The first-order valence-corrected chi connectivity index (χ1v) is 5.95. The molecule has 0 heterocycles. The fourth-order valence-electron chi connectivity index (χ4n) is 1.74. The molecule has 0 radical (unpaired) electrons. The van der Waals surface area contributed by atoms with Crippen molar-refractivity contribution in [3.63, 3.8) is 0 Å². The fraction of sp³-hybridized carbons (Fsp3) is 0.615. The van der Waals surface area contributed by atoms with Crippen LogP contribution < -0.4 is 0 Å². The summed E-state index contributed by atoms with van der Waals surface area (Å²) < 4.78 is 0. The van der Waals surface area contributed by atoms with Crippen molar-refractivity contribution in [3.05, 3.63) is 23.8 Å². The van der Waals surface area contributed by atoms with Crippen molar-refractivity contribution in [1.82, 2.24) is 0 Å². The largest absolute Gasteiger partial charge is 0.411 e. The summed E-state index contributed by atoms with van der Waals surface area (Å²) in [5.41, 5.74) is 2.18. The van der Waals surface area contributed by atoms with E-state index in [9.17, 15) is 0 Å². The fourth-order valence-corrected chi connectivity index (χ4v) is 1.74. The molecule has 0 aliphatic heterocycles. The van der Waals surface area contributed by atoms with Crippen LogP contribution in [0.1, 0.15) is 51.9 Å². The average molecular weight is 207 g/mol. The van der Waals surface area contributed by atoms with Crippen molar-refractivity contribution >= 4 is 5.71 Å². The molecule has 0 saturated heterocycles. The Kier molecular flexibility index (Phi) is 5.83. The summed E-state index contributed by atoms with van der Waals surface area (Å²) in [6.45, 7) is 2.14. The first kappa shape index (κ1) is 12.0. The number of rotatable bonds is 5. The van der Waals surface area contributed by atoms with Crippen LogP contribution in [0.25, 0.3) is 0 Å². The molecule has 0 aromatic rings. The Hall–Kier alpha value is -1.05. The van der Waals surface area contributed by atoms with Gasteiger partial charge in [-0.05, 0) is 44.6 Å². The van der Waals surface area contributed by atoms with Crippen LogP contribution in [0.2, 0.25) is 0 Å². The van der Waals surface area contributed by atoms with E-state index in [-0.39, 0.29) is 0 Å². The highest BCUT2D eigenvalue weighted by atomic mass is 16.4. The molecule has 0 unspecified atom stereocenters.